The molecule has 1 aromatic heterocycles. The lowest BCUT2D eigenvalue weighted by Crippen LogP contribution is -2.10. The summed E-state index contributed by atoms with van der Waals surface area (Å²) in [5.41, 5.74) is 0.407. The fourth-order valence-electron chi connectivity index (χ4n) is 1.18. The highest BCUT2D eigenvalue weighted by atomic mass is 35.5. The number of hydrogen-bond donors (Lipinski definition) is 0. The Morgan fingerprint density at radius 3 is 2.83 bits per heavy atom. The maximum atomic E-state index is 10.7. The quantitative estimate of drug-likeness (QED) is 0.513. The van der Waals surface area contributed by atoms with E-state index in [1.807, 2.05) is 0 Å². The van der Waals surface area contributed by atoms with E-state index in [1.54, 1.807) is 12.3 Å². The monoisotopic (exact) mass is 182 g/mol. The van der Waals surface area contributed by atoms with Gasteiger partial charge < -0.3 is 4.79 Å². The van der Waals surface area contributed by atoms with E-state index < -0.39 is 0 Å². The lowest BCUT2D eigenvalue weighted by Gasteiger charge is -2.04. The highest BCUT2D eigenvalue weighted by molar-refractivity contribution is 6.28. The van der Waals surface area contributed by atoms with Crippen LogP contribution >= 0.6 is 11.6 Å². The van der Waals surface area contributed by atoms with Crippen LogP contribution in [0.25, 0.3) is 0 Å². The minimum atomic E-state index is -0.341. The molecule has 1 aliphatic rings. The summed E-state index contributed by atoms with van der Waals surface area (Å²) in [5, 5.41) is 0.209. The van der Waals surface area contributed by atoms with Crippen LogP contribution in [0.3, 0.4) is 0 Å². The van der Waals surface area contributed by atoms with Gasteiger partial charge in [-0.2, -0.15) is 0 Å². The van der Waals surface area contributed by atoms with Gasteiger partial charge in [0.1, 0.15) is 6.29 Å². The molecule has 1 saturated carbocycles. The molecule has 0 aromatic carbocycles. The molecule has 1 aromatic rings. The first kappa shape index (κ1) is 7.68. The van der Waals surface area contributed by atoms with Gasteiger partial charge in [-0.25, -0.2) is 9.97 Å². The Balaban J connectivity index is 2.40. The largest absolute Gasteiger partial charge is 0.302 e. The van der Waals surface area contributed by atoms with Gasteiger partial charge in [0.15, 0.2) is 0 Å². The summed E-state index contributed by atoms with van der Waals surface area (Å²) in [7, 11) is 0. The van der Waals surface area contributed by atoms with E-state index in [2.05, 4.69) is 9.97 Å². The van der Waals surface area contributed by atoms with Gasteiger partial charge in [0.2, 0.25) is 5.28 Å². The second-order valence-corrected chi connectivity index (χ2v) is 3.32. The minimum Gasteiger partial charge on any atom is -0.302 e. The van der Waals surface area contributed by atoms with Gasteiger partial charge >= 0.3 is 0 Å². The van der Waals surface area contributed by atoms with Crippen molar-refractivity contribution in [2.24, 2.45) is 0 Å². The molecule has 12 heavy (non-hydrogen) atoms. The number of nitrogens with zero attached hydrogens (tertiary/aromatic N) is 2. The van der Waals surface area contributed by atoms with Gasteiger partial charge in [0.05, 0.1) is 11.1 Å². The summed E-state index contributed by atoms with van der Waals surface area (Å²) in [6, 6.07) is 1.74. The molecule has 0 bridgehead atoms. The molecular formula is C8H7ClN2O. The van der Waals surface area contributed by atoms with Crippen LogP contribution in [0.4, 0.5) is 0 Å². The third kappa shape index (κ3) is 1.10. The Bertz CT molecular complexity index is 323. The lowest BCUT2D eigenvalue weighted by molar-refractivity contribution is -0.109. The second kappa shape index (κ2) is 2.52. The zero-order valence-electron chi connectivity index (χ0n) is 6.33. The van der Waals surface area contributed by atoms with E-state index in [4.69, 9.17) is 11.6 Å². The zero-order valence-corrected chi connectivity index (χ0v) is 7.08. The van der Waals surface area contributed by atoms with Crippen molar-refractivity contribution >= 4 is 17.9 Å². The molecule has 2 rings (SSSR count). The first-order valence-corrected chi connectivity index (χ1v) is 4.10. The van der Waals surface area contributed by atoms with Gasteiger partial charge in [0, 0.05) is 6.20 Å². The predicted octanol–water partition coefficient (Wildman–Crippen LogP) is 1.36. The molecule has 1 fully saturated rings. The van der Waals surface area contributed by atoms with Gasteiger partial charge in [-0.05, 0) is 30.5 Å². The molecule has 0 atom stereocenters. The van der Waals surface area contributed by atoms with Crippen LogP contribution < -0.4 is 0 Å². The molecule has 0 unspecified atom stereocenters. The molecule has 1 heterocycles. The second-order valence-electron chi connectivity index (χ2n) is 2.98. The Morgan fingerprint density at radius 1 is 1.58 bits per heavy atom. The maximum Gasteiger partial charge on any atom is 0.222 e. The van der Waals surface area contributed by atoms with Gasteiger partial charge in [-0.1, -0.05) is 0 Å². The fourth-order valence-corrected chi connectivity index (χ4v) is 1.33. The molecular weight excluding hydrogens is 176 g/mol. The average molecular weight is 183 g/mol. The lowest BCUT2D eigenvalue weighted by atomic mass is 10.1. The number of carbonyl (C=O) groups is 1. The fraction of sp³-hybridized carbons (Fsp3) is 0.375. The van der Waals surface area contributed by atoms with Crippen molar-refractivity contribution in [1.82, 2.24) is 9.97 Å². The van der Waals surface area contributed by atoms with Gasteiger partial charge in [0.25, 0.3) is 0 Å². The summed E-state index contributed by atoms with van der Waals surface area (Å²) >= 11 is 5.60. The van der Waals surface area contributed by atoms with E-state index in [0.717, 1.165) is 24.8 Å². The van der Waals surface area contributed by atoms with Gasteiger partial charge in [-0.3, -0.25) is 0 Å². The Labute approximate surface area is 74.8 Å². The number of carbonyl (C=O) groups excluding carboxylic acids is 1. The molecule has 0 aliphatic heterocycles. The van der Waals surface area contributed by atoms with E-state index in [0.29, 0.717) is 0 Å². The number of rotatable bonds is 2. The smallest absolute Gasteiger partial charge is 0.222 e. The van der Waals surface area contributed by atoms with Crippen molar-refractivity contribution < 1.29 is 4.79 Å². The van der Waals surface area contributed by atoms with Crippen molar-refractivity contribution in [2.45, 2.75) is 18.3 Å². The molecule has 0 N–H and O–H groups in total. The van der Waals surface area contributed by atoms with Crippen molar-refractivity contribution in [1.29, 1.82) is 0 Å². The van der Waals surface area contributed by atoms with Crippen molar-refractivity contribution in [3.63, 3.8) is 0 Å². The number of aldehydes is 1. The Morgan fingerprint density at radius 2 is 2.33 bits per heavy atom. The third-order valence-electron chi connectivity index (χ3n) is 2.15. The molecule has 0 amide bonds. The molecule has 4 heteroatoms. The molecule has 3 nitrogen and oxygen atoms in total. The predicted molar refractivity (Wildman–Crippen MR) is 44.0 cm³/mol. The summed E-state index contributed by atoms with van der Waals surface area (Å²) in [4.78, 5) is 18.5. The van der Waals surface area contributed by atoms with Crippen LogP contribution in [0, 0.1) is 0 Å². The Kier molecular flexibility index (Phi) is 1.61. The van der Waals surface area contributed by atoms with Crippen LogP contribution in [-0.2, 0) is 10.2 Å². The van der Waals surface area contributed by atoms with E-state index in [1.165, 1.54) is 0 Å². The molecule has 0 spiro atoms. The van der Waals surface area contributed by atoms with Crippen molar-refractivity contribution in [3.05, 3.63) is 23.2 Å². The van der Waals surface area contributed by atoms with Gasteiger partial charge in [-0.15, -0.1) is 0 Å². The van der Waals surface area contributed by atoms with Crippen LogP contribution in [0.15, 0.2) is 12.3 Å². The standard InChI is InChI=1S/C8H7ClN2O/c9-7-10-4-1-6(11-7)8(5-12)2-3-8/h1,4-5H,2-3H2. The SMILES string of the molecule is O=CC1(c2ccnc(Cl)n2)CC1. The number of hydrogen-bond acceptors (Lipinski definition) is 3. The summed E-state index contributed by atoms with van der Waals surface area (Å²) in [6.45, 7) is 0. The van der Waals surface area contributed by atoms with Crippen LogP contribution in [0.2, 0.25) is 5.28 Å². The number of aromatic nitrogens is 2. The first-order valence-electron chi connectivity index (χ1n) is 3.72. The summed E-state index contributed by atoms with van der Waals surface area (Å²) < 4.78 is 0. The van der Waals surface area contributed by atoms with Crippen molar-refractivity contribution in [3.8, 4) is 0 Å². The zero-order chi connectivity index (χ0) is 8.60. The molecule has 1 aliphatic carbocycles. The molecule has 0 saturated heterocycles. The normalized spacial score (nSPS) is 18.8. The number of halogens is 1. The molecule has 62 valence electrons. The highest BCUT2D eigenvalue weighted by Crippen LogP contribution is 2.45. The van der Waals surface area contributed by atoms with Crippen molar-refractivity contribution in [2.75, 3.05) is 0 Å². The summed E-state index contributed by atoms with van der Waals surface area (Å²) in [6.07, 6.45) is 4.29. The highest BCUT2D eigenvalue weighted by Gasteiger charge is 2.45. The van der Waals surface area contributed by atoms with Crippen LogP contribution in [0.1, 0.15) is 18.5 Å². The Hall–Kier alpha value is -0.960. The first-order chi connectivity index (χ1) is 5.77. The maximum absolute atomic E-state index is 10.7. The summed E-state index contributed by atoms with van der Waals surface area (Å²) in [5.74, 6) is 0. The van der Waals surface area contributed by atoms with Crippen LogP contribution in [0.5, 0.6) is 0 Å². The third-order valence-corrected chi connectivity index (χ3v) is 2.33. The van der Waals surface area contributed by atoms with E-state index in [9.17, 15) is 4.79 Å². The minimum absolute atomic E-state index is 0.209. The van der Waals surface area contributed by atoms with E-state index in [-0.39, 0.29) is 10.7 Å². The van der Waals surface area contributed by atoms with E-state index >= 15 is 0 Å². The average Bonchev–Trinajstić information content (AvgIpc) is 2.84. The topological polar surface area (TPSA) is 42.9 Å². The van der Waals surface area contributed by atoms with Crippen LogP contribution in [-0.4, -0.2) is 16.3 Å². The molecule has 0 radical (unpaired) electrons.